The molecule has 108 valence electrons. The highest BCUT2D eigenvalue weighted by molar-refractivity contribution is 9.10. The molecule has 5 heteroatoms. The van der Waals surface area contributed by atoms with Gasteiger partial charge in [0.2, 0.25) is 0 Å². The van der Waals surface area contributed by atoms with Gasteiger partial charge in [0.1, 0.15) is 5.82 Å². The molecule has 2 saturated heterocycles. The molecule has 1 amide bonds. The molecular formula is C15H18BrFN2O. The van der Waals surface area contributed by atoms with Crippen molar-refractivity contribution in [2.75, 3.05) is 13.1 Å². The number of amides is 1. The standard InChI is InChI=1S/C15H18BrFN2O/c16-14-10(4-1-5-11(14)17)15(20)19-9-3-7-13(19)12-6-2-8-18-12/h1,4-5,12-13,18H,2-3,6-9H2. The second-order valence-electron chi connectivity index (χ2n) is 5.51. The highest BCUT2D eigenvalue weighted by atomic mass is 79.9. The molecule has 0 spiro atoms. The van der Waals surface area contributed by atoms with Gasteiger partial charge in [0.15, 0.2) is 0 Å². The molecule has 2 heterocycles. The fraction of sp³-hybridized carbons (Fsp3) is 0.533. The van der Waals surface area contributed by atoms with Gasteiger partial charge in [-0.2, -0.15) is 0 Å². The summed E-state index contributed by atoms with van der Waals surface area (Å²) < 4.78 is 13.9. The molecule has 0 radical (unpaired) electrons. The minimum absolute atomic E-state index is 0.0624. The summed E-state index contributed by atoms with van der Waals surface area (Å²) in [5.41, 5.74) is 0.426. The van der Waals surface area contributed by atoms with Gasteiger partial charge < -0.3 is 10.2 Å². The monoisotopic (exact) mass is 340 g/mol. The molecule has 1 aromatic carbocycles. The first-order chi connectivity index (χ1) is 9.68. The first kappa shape index (κ1) is 14.0. The van der Waals surface area contributed by atoms with Crippen molar-refractivity contribution < 1.29 is 9.18 Å². The van der Waals surface area contributed by atoms with Crippen molar-refractivity contribution in [3.8, 4) is 0 Å². The number of nitrogens with one attached hydrogen (secondary N) is 1. The zero-order valence-electron chi connectivity index (χ0n) is 11.2. The van der Waals surface area contributed by atoms with Crippen LogP contribution in [0.2, 0.25) is 0 Å². The van der Waals surface area contributed by atoms with Crippen molar-refractivity contribution in [3.63, 3.8) is 0 Å². The number of halogens is 2. The van der Waals surface area contributed by atoms with Gasteiger partial charge in [-0.25, -0.2) is 4.39 Å². The van der Waals surface area contributed by atoms with E-state index < -0.39 is 0 Å². The molecule has 20 heavy (non-hydrogen) atoms. The van der Waals surface area contributed by atoms with Crippen LogP contribution in [0.1, 0.15) is 36.0 Å². The van der Waals surface area contributed by atoms with Gasteiger partial charge >= 0.3 is 0 Å². The second-order valence-corrected chi connectivity index (χ2v) is 6.31. The number of carbonyl (C=O) groups excluding carboxylic acids is 1. The predicted octanol–water partition coefficient (Wildman–Crippen LogP) is 2.94. The summed E-state index contributed by atoms with van der Waals surface area (Å²) in [6.07, 6.45) is 4.36. The van der Waals surface area contributed by atoms with Gasteiger partial charge in [-0.3, -0.25) is 4.79 Å². The Morgan fingerprint density at radius 2 is 2.20 bits per heavy atom. The Hall–Kier alpha value is -0.940. The quantitative estimate of drug-likeness (QED) is 0.897. The number of hydrogen-bond acceptors (Lipinski definition) is 2. The lowest BCUT2D eigenvalue weighted by molar-refractivity contribution is 0.0710. The summed E-state index contributed by atoms with van der Waals surface area (Å²) in [5.74, 6) is -0.446. The van der Waals surface area contributed by atoms with Crippen LogP contribution in [0, 0.1) is 5.82 Å². The van der Waals surface area contributed by atoms with Crippen LogP contribution in [0.5, 0.6) is 0 Å². The number of likely N-dealkylation sites (tertiary alicyclic amines) is 1. The minimum Gasteiger partial charge on any atom is -0.334 e. The van der Waals surface area contributed by atoms with Crippen LogP contribution in [0.3, 0.4) is 0 Å². The van der Waals surface area contributed by atoms with Crippen LogP contribution >= 0.6 is 15.9 Å². The lowest BCUT2D eigenvalue weighted by atomic mass is 10.0. The third kappa shape index (κ3) is 2.49. The van der Waals surface area contributed by atoms with Crippen LogP contribution in [-0.4, -0.2) is 36.0 Å². The maximum atomic E-state index is 13.6. The fourth-order valence-corrected chi connectivity index (χ4v) is 3.76. The Kier molecular flexibility index (Phi) is 4.08. The maximum absolute atomic E-state index is 13.6. The van der Waals surface area contributed by atoms with Gasteiger partial charge in [0.05, 0.1) is 10.0 Å². The molecule has 0 aliphatic carbocycles. The molecule has 1 aromatic rings. The van der Waals surface area contributed by atoms with E-state index in [4.69, 9.17) is 0 Å². The molecule has 2 aliphatic heterocycles. The van der Waals surface area contributed by atoms with Gasteiger partial charge in [-0.1, -0.05) is 6.07 Å². The lowest BCUT2D eigenvalue weighted by Crippen LogP contribution is -2.46. The number of rotatable bonds is 2. The second kappa shape index (κ2) is 5.82. The van der Waals surface area contributed by atoms with Gasteiger partial charge in [-0.05, 0) is 60.3 Å². The highest BCUT2D eigenvalue weighted by Gasteiger charge is 2.36. The van der Waals surface area contributed by atoms with E-state index in [0.717, 1.165) is 32.4 Å². The Morgan fingerprint density at radius 1 is 1.35 bits per heavy atom. The molecule has 3 rings (SSSR count). The van der Waals surface area contributed by atoms with E-state index in [1.807, 2.05) is 4.90 Å². The van der Waals surface area contributed by atoms with E-state index in [9.17, 15) is 9.18 Å². The lowest BCUT2D eigenvalue weighted by Gasteiger charge is -2.30. The van der Waals surface area contributed by atoms with Crippen LogP contribution in [-0.2, 0) is 0 Å². The first-order valence-electron chi connectivity index (χ1n) is 7.17. The van der Waals surface area contributed by atoms with Crippen molar-refractivity contribution >= 4 is 21.8 Å². The largest absolute Gasteiger partial charge is 0.334 e. The first-order valence-corrected chi connectivity index (χ1v) is 7.96. The van der Waals surface area contributed by atoms with Crippen molar-refractivity contribution in [3.05, 3.63) is 34.1 Å². The minimum atomic E-state index is -0.384. The Balaban J connectivity index is 1.83. The van der Waals surface area contributed by atoms with Gasteiger partial charge in [-0.15, -0.1) is 0 Å². The Bertz CT molecular complexity index is 517. The Morgan fingerprint density at radius 3 is 2.95 bits per heavy atom. The smallest absolute Gasteiger partial charge is 0.255 e. The molecule has 0 aromatic heterocycles. The zero-order valence-corrected chi connectivity index (χ0v) is 12.8. The summed E-state index contributed by atoms with van der Waals surface area (Å²) in [4.78, 5) is 14.6. The molecule has 0 saturated carbocycles. The molecule has 0 bridgehead atoms. The van der Waals surface area contributed by atoms with Crippen LogP contribution < -0.4 is 5.32 Å². The molecule has 2 unspecified atom stereocenters. The molecule has 2 aliphatic rings. The molecule has 3 nitrogen and oxygen atoms in total. The summed E-state index contributed by atoms with van der Waals surface area (Å²) in [6, 6.07) is 5.29. The van der Waals surface area contributed by atoms with Crippen molar-refractivity contribution in [2.45, 2.75) is 37.8 Å². The number of carbonyl (C=O) groups is 1. The summed E-state index contributed by atoms with van der Waals surface area (Å²) in [7, 11) is 0. The van der Waals surface area contributed by atoms with Crippen LogP contribution in [0.4, 0.5) is 4.39 Å². The van der Waals surface area contributed by atoms with E-state index in [0.29, 0.717) is 11.6 Å². The maximum Gasteiger partial charge on any atom is 0.255 e. The zero-order chi connectivity index (χ0) is 14.1. The molecule has 2 fully saturated rings. The normalized spacial score (nSPS) is 26.2. The summed E-state index contributed by atoms with van der Waals surface area (Å²) >= 11 is 3.19. The number of hydrogen-bond donors (Lipinski definition) is 1. The van der Waals surface area contributed by atoms with Crippen molar-refractivity contribution in [1.82, 2.24) is 10.2 Å². The van der Waals surface area contributed by atoms with E-state index in [1.54, 1.807) is 12.1 Å². The molecular weight excluding hydrogens is 323 g/mol. The van der Waals surface area contributed by atoms with E-state index in [2.05, 4.69) is 21.2 Å². The topological polar surface area (TPSA) is 32.3 Å². The highest BCUT2D eigenvalue weighted by Crippen LogP contribution is 2.29. The SMILES string of the molecule is O=C(c1cccc(F)c1Br)N1CCCC1C1CCCN1. The van der Waals surface area contributed by atoms with Crippen LogP contribution in [0.15, 0.2) is 22.7 Å². The summed E-state index contributed by atoms with van der Waals surface area (Å²) in [5, 5.41) is 3.48. The van der Waals surface area contributed by atoms with E-state index in [1.165, 1.54) is 12.5 Å². The van der Waals surface area contributed by atoms with Gasteiger partial charge in [0, 0.05) is 18.6 Å². The van der Waals surface area contributed by atoms with Crippen molar-refractivity contribution in [2.24, 2.45) is 0 Å². The average molecular weight is 341 g/mol. The van der Waals surface area contributed by atoms with Gasteiger partial charge in [0.25, 0.3) is 5.91 Å². The number of benzene rings is 1. The van der Waals surface area contributed by atoms with E-state index in [-0.39, 0.29) is 22.2 Å². The van der Waals surface area contributed by atoms with Crippen molar-refractivity contribution in [1.29, 1.82) is 0 Å². The Labute approximate surface area is 126 Å². The fourth-order valence-electron chi connectivity index (χ4n) is 3.33. The third-order valence-corrected chi connectivity index (χ3v) is 5.11. The summed E-state index contributed by atoms with van der Waals surface area (Å²) in [6.45, 7) is 1.80. The third-order valence-electron chi connectivity index (χ3n) is 4.30. The molecule has 2 atom stereocenters. The molecule has 1 N–H and O–H groups in total. The average Bonchev–Trinajstić information content (AvgIpc) is 3.10. The van der Waals surface area contributed by atoms with Crippen LogP contribution in [0.25, 0.3) is 0 Å². The predicted molar refractivity (Wildman–Crippen MR) is 79.2 cm³/mol. The number of nitrogens with zero attached hydrogens (tertiary/aromatic N) is 1. The van der Waals surface area contributed by atoms with E-state index >= 15 is 0 Å².